The fraction of sp³-hybridized carbons (Fsp3) is 0.308. The lowest BCUT2D eigenvalue weighted by molar-refractivity contribution is 0.0980. The molecule has 2 aromatic heterocycles. The van der Waals surface area contributed by atoms with Crippen molar-refractivity contribution in [3.63, 3.8) is 0 Å². The summed E-state index contributed by atoms with van der Waals surface area (Å²) in [4.78, 5) is 14.4. The fourth-order valence-corrected chi connectivity index (χ4v) is 3.07. The van der Waals surface area contributed by atoms with Crippen LogP contribution in [0.4, 0.5) is 0 Å². The van der Waals surface area contributed by atoms with Crippen LogP contribution in [0, 0.1) is 6.92 Å². The van der Waals surface area contributed by atoms with Gasteiger partial charge in [-0.1, -0.05) is 6.07 Å². The van der Waals surface area contributed by atoms with Gasteiger partial charge in [0.15, 0.2) is 5.78 Å². The minimum Gasteiger partial charge on any atom is -0.294 e. The zero-order chi connectivity index (χ0) is 11.4. The summed E-state index contributed by atoms with van der Waals surface area (Å²) >= 11 is 3.41. The Labute approximate surface area is 104 Å². The van der Waals surface area contributed by atoms with E-state index in [1.54, 1.807) is 22.7 Å². The normalized spacial score (nSPS) is 10.6. The van der Waals surface area contributed by atoms with Crippen LogP contribution in [0.15, 0.2) is 29.0 Å². The third-order valence-electron chi connectivity index (χ3n) is 2.46. The van der Waals surface area contributed by atoms with E-state index in [2.05, 4.69) is 17.5 Å². The van der Waals surface area contributed by atoms with Gasteiger partial charge in [-0.2, -0.15) is 0 Å². The molecule has 0 N–H and O–H groups in total. The van der Waals surface area contributed by atoms with E-state index < -0.39 is 0 Å². The van der Waals surface area contributed by atoms with Gasteiger partial charge >= 0.3 is 0 Å². The Morgan fingerprint density at radius 3 is 2.88 bits per heavy atom. The quantitative estimate of drug-likeness (QED) is 0.722. The Morgan fingerprint density at radius 1 is 1.38 bits per heavy atom. The molecule has 0 unspecified atom stereocenters. The highest BCUT2D eigenvalue weighted by atomic mass is 32.1. The first kappa shape index (κ1) is 11.6. The summed E-state index contributed by atoms with van der Waals surface area (Å²) in [7, 11) is 0. The molecule has 2 heterocycles. The molecular formula is C13H14OS2. The number of rotatable bonds is 5. The van der Waals surface area contributed by atoms with Crippen molar-refractivity contribution < 1.29 is 4.79 Å². The predicted octanol–water partition coefficient (Wildman–Crippen LogP) is 4.32. The van der Waals surface area contributed by atoms with Crippen molar-refractivity contribution in [1.29, 1.82) is 0 Å². The zero-order valence-corrected chi connectivity index (χ0v) is 10.9. The SMILES string of the molecule is Cc1cc(C(=O)CCCc2cccs2)cs1. The van der Waals surface area contributed by atoms with Crippen LogP contribution in [0.1, 0.15) is 33.0 Å². The summed E-state index contributed by atoms with van der Waals surface area (Å²) in [6.07, 6.45) is 2.63. The molecule has 0 saturated heterocycles. The van der Waals surface area contributed by atoms with Gasteiger partial charge in [-0.05, 0) is 37.3 Å². The Kier molecular flexibility index (Phi) is 3.91. The van der Waals surface area contributed by atoms with Crippen LogP contribution in [-0.4, -0.2) is 5.78 Å². The number of Topliss-reactive ketones (excluding diaryl/α,β-unsaturated/α-hetero) is 1. The van der Waals surface area contributed by atoms with E-state index in [-0.39, 0.29) is 5.78 Å². The summed E-state index contributed by atoms with van der Waals surface area (Å²) in [6.45, 7) is 2.03. The summed E-state index contributed by atoms with van der Waals surface area (Å²) in [5.74, 6) is 0.279. The molecule has 0 spiro atoms. The van der Waals surface area contributed by atoms with Crippen molar-refractivity contribution >= 4 is 28.5 Å². The van der Waals surface area contributed by atoms with E-state index in [0.29, 0.717) is 6.42 Å². The monoisotopic (exact) mass is 250 g/mol. The number of aryl methyl sites for hydroxylation is 2. The highest BCUT2D eigenvalue weighted by molar-refractivity contribution is 7.10. The van der Waals surface area contributed by atoms with Gasteiger partial charge in [0.05, 0.1) is 0 Å². The van der Waals surface area contributed by atoms with E-state index in [1.807, 2.05) is 18.4 Å². The molecule has 2 aromatic rings. The Morgan fingerprint density at radius 2 is 2.25 bits per heavy atom. The number of thiophene rings is 2. The smallest absolute Gasteiger partial charge is 0.163 e. The van der Waals surface area contributed by atoms with Crippen molar-refractivity contribution in [2.45, 2.75) is 26.2 Å². The molecule has 0 aliphatic carbocycles. The van der Waals surface area contributed by atoms with Crippen molar-refractivity contribution in [2.24, 2.45) is 0 Å². The second kappa shape index (κ2) is 5.41. The van der Waals surface area contributed by atoms with Gasteiger partial charge in [-0.3, -0.25) is 4.79 Å². The number of hydrogen-bond donors (Lipinski definition) is 0. The van der Waals surface area contributed by atoms with E-state index in [4.69, 9.17) is 0 Å². The summed E-state index contributed by atoms with van der Waals surface area (Å²) in [5.41, 5.74) is 0.883. The molecule has 0 saturated carbocycles. The maximum Gasteiger partial charge on any atom is 0.163 e. The van der Waals surface area contributed by atoms with Crippen molar-refractivity contribution in [3.8, 4) is 0 Å². The maximum atomic E-state index is 11.8. The van der Waals surface area contributed by atoms with Crippen LogP contribution in [-0.2, 0) is 6.42 Å². The van der Waals surface area contributed by atoms with E-state index in [9.17, 15) is 4.79 Å². The standard InChI is InChI=1S/C13H14OS2/c1-10-8-11(9-16-10)13(14)6-2-4-12-5-3-7-15-12/h3,5,7-9H,2,4,6H2,1H3. The molecule has 16 heavy (non-hydrogen) atoms. The molecule has 0 fully saturated rings. The first-order valence-corrected chi connectivity index (χ1v) is 7.12. The topological polar surface area (TPSA) is 17.1 Å². The van der Waals surface area contributed by atoms with Crippen molar-refractivity contribution in [3.05, 3.63) is 44.3 Å². The summed E-state index contributed by atoms with van der Waals surface area (Å²) in [5, 5.41) is 4.04. The Balaban J connectivity index is 1.80. The predicted molar refractivity (Wildman–Crippen MR) is 70.6 cm³/mol. The van der Waals surface area contributed by atoms with Gasteiger partial charge in [0, 0.05) is 27.1 Å². The van der Waals surface area contributed by atoms with Crippen molar-refractivity contribution in [2.75, 3.05) is 0 Å². The van der Waals surface area contributed by atoms with Crippen LogP contribution in [0.3, 0.4) is 0 Å². The highest BCUT2D eigenvalue weighted by Crippen LogP contribution is 2.17. The first-order chi connectivity index (χ1) is 7.75. The molecule has 0 bridgehead atoms. The van der Waals surface area contributed by atoms with Crippen LogP contribution in [0.25, 0.3) is 0 Å². The van der Waals surface area contributed by atoms with Gasteiger partial charge in [0.25, 0.3) is 0 Å². The lowest BCUT2D eigenvalue weighted by Crippen LogP contribution is -1.97. The lowest BCUT2D eigenvalue weighted by atomic mass is 10.1. The second-order valence-electron chi connectivity index (χ2n) is 3.80. The van der Waals surface area contributed by atoms with Crippen LogP contribution >= 0.6 is 22.7 Å². The summed E-state index contributed by atoms with van der Waals surface area (Å²) in [6, 6.07) is 6.17. The zero-order valence-electron chi connectivity index (χ0n) is 9.23. The molecule has 0 aromatic carbocycles. The number of carbonyl (C=O) groups excluding carboxylic acids is 1. The first-order valence-electron chi connectivity index (χ1n) is 5.36. The molecule has 3 heteroatoms. The molecule has 0 radical (unpaired) electrons. The van der Waals surface area contributed by atoms with Gasteiger partial charge in [0.1, 0.15) is 0 Å². The highest BCUT2D eigenvalue weighted by Gasteiger charge is 2.07. The maximum absolute atomic E-state index is 11.8. The molecule has 0 atom stereocenters. The average molecular weight is 250 g/mol. The molecule has 2 rings (SSSR count). The fourth-order valence-electron chi connectivity index (χ4n) is 1.61. The van der Waals surface area contributed by atoms with Gasteiger partial charge in [0.2, 0.25) is 0 Å². The molecule has 84 valence electrons. The Bertz CT molecular complexity index is 454. The van der Waals surface area contributed by atoms with Crippen LogP contribution in [0.5, 0.6) is 0 Å². The Hall–Kier alpha value is -0.930. The number of carbonyl (C=O) groups is 1. The third kappa shape index (κ3) is 3.03. The molecule has 0 amide bonds. The number of hydrogen-bond acceptors (Lipinski definition) is 3. The van der Waals surface area contributed by atoms with Gasteiger partial charge in [-0.25, -0.2) is 0 Å². The van der Waals surface area contributed by atoms with Crippen molar-refractivity contribution in [1.82, 2.24) is 0 Å². The molecule has 0 aliphatic heterocycles. The average Bonchev–Trinajstić information content (AvgIpc) is 2.89. The lowest BCUT2D eigenvalue weighted by Gasteiger charge is -1.97. The third-order valence-corrected chi connectivity index (χ3v) is 4.26. The largest absolute Gasteiger partial charge is 0.294 e. The minimum absolute atomic E-state index is 0.279. The molecule has 0 aliphatic rings. The van der Waals surface area contributed by atoms with Gasteiger partial charge < -0.3 is 0 Å². The summed E-state index contributed by atoms with van der Waals surface area (Å²) < 4.78 is 0. The minimum atomic E-state index is 0.279. The number of ketones is 1. The molecular weight excluding hydrogens is 236 g/mol. The van der Waals surface area contributed by atoms with E-state index in [1.165, 1.54) is 9.75 Å². The van der Waals surface area contributed by atoms with E-state index in [0.717, 1.165) is 18.4 Å². The van der Waals surface area contributed by atoms with E-state index >= 15 is 0 Å². The van der Waals surface area contributed by atoms with Crippen LogP contribution < -0.4 is 0 Å². The second-order valence-corrected chi connectivity index (χ2v) is 5.95. The van der Waals surface area contributed by atoms with Gasteiger partial charge in [-0.15, -0.1) is 22.7 Å². The van der Waals surface area contributed by atoms with Crippen LogP contribution in [0.2, 0.25) is 0 Å². The molecule has 1 nitrogen and oxygen atoms in total.